The fourth-order valence-corrected chi connectivity index (χ4v) is 1.82. The van der Waals surface area contributed by atoms with Crippen molar-refractivity contribution in [2.75, 3.05) is 4.90 Å². The van der Waals surface area contributed by atoms with Gasteiger partial charge in [0.05, 0.1) is 11.3 Å². The van der Waals surface area contributed by atoms with Gasteiger partial charge in [0, 0.05) is 0 Å². The molecule has 0 fully saturated rings. The fraction of sp³-hybridized carbons (Fsp3) is 0.444. The minimum absolute atomic E-state index is 0.0190. The summed E-state index contributed by atoms with van der Waals surface area (Å²) in [5, 5.41) is 9.00. The molecule has 0 aliphatic rings. The molecule has 0 atom stereocenters. The minimum atomic E-state index is -1.12. The molecule has 27 heavy (non-hydrogen) atoms. The van der Waals surface area contributed by atoms with Crippen molar-refractivity contribution in [1.29, 1.82) is 0 Å². The highest BCUT2D eigenvalue weighted by Crippen LogP contribution is 2.19. The van der Waals surface area contributed by atoms with Crippen LogP contribution in [0.2, 0.25) is 0 Å². The predicted octanol–water partition coefficient (Wildman–Crippen LogP) is 3.38. The van der Waals surface area contributed by atoms with Crippen molar-refractivity contribution in [3.63, 3.8) is 0 Å². The molecule has 1 aromatic rings. The lowest BCUT2D eigenvalue weighted by Crippen LogP contribution is -2.45. The molecule has 0 saturated heterocycles. The minimum Gasteiger partial charge on any atom is -0.478 e. The van der Waals surface area contributed by atoms with Crippen molar-refractivity contribution in [3.05, 3.63) is 29.8 Å². The zero-order valence-corrected chi connectivity index (χ0v) is 16.3. The molecule has 1 aromatic carbocycles. The van der Waals surface area contributed by atoms with Crippen LogP contribution in [-0.2, 0) is 9.47 Å². The highest BCUT2D eigenvalue weighted by Gasteiger charge is 2.27. The van der Waals surface area contributed by atoms with Crippen molar-refractivity contribution >= 4 is 29.8 Å². The number of aliphatic imine (C=N–C) groups is 1. The van der Waals surface area contributed by atoms with Crippen LogP contribution in [0.5, 0.6) is 0 Å². The number of hydrogen-bond donors (Lipinski definition) is 2. The second kappa shape index (κ2) is 8.07. The molecule has 0 radical (unpaired) electrons. The average molecular weight is 379 g/mol. The molecule has 0 heterocycles. The molecule has 0 aliphatic carbocycles. The lowest BCUT2D eigenvalue weighted by Gasteiger charge is -2.26. The average Bonchev–Trinajstić information content (AvgIpc) is 2.43. The van der Waals surface area contributed by atoms with Gasteiger partial charge in [0.1, 0.15) is 11.2 Å². The number of guanidine groups is 1. The van der Waals surface area contributed by atoms with Crippen LogP contribution in [0.1, 0.15) is 51.9 Å². The molecule has 3 N–H and O–H groups in total. The maximum absolute atomic E-state index is 12.6. The number of ether oxygens (including phenoxy) is 2. The van der Waals surface area contributed by atoms with E-state index in [4.69, 9.17) is 20.3 Å². The zero-order valence-electron chi connectivity index (χ0n) is 16.3. The number of amides is 2. The molecule has 0 aliphatic heterocycles. The van der Waals surface area contributed by atoms with Gasteiger partial charge in [0.25, 0.3) is 0 Å². The molecule has 0 saturated carbocycles. The maximum atomic E-state index is 12.6. The van der Waals surface area contributed by atoms with E-state index >= 15 is 0 Å². The monoisotopic (exact) mass is 379 g/mol. The van der Waals surface area contributed by atoms with Gasteiger partial charge < -0.3 is 20.3 Å². The molecular formula is C18H25N3O6. The summed E-state index contributed by atoms with van der Waals surface area (Å²) < 4.78 is 10.4. The third-order valence-electron chi connectivity index (χ3n) is 2.78. The van der Waals surface area contributed by atoms with Crippen LogP contribution >= 0.6 is 0 Å². The first-order valence-corrected chi connectivity index (χ1v) is 8.13. The Balaban J connectivity index is 3.26. The summed E-state index contributed by atoms with van der Waals surface area (Å²) in [6, 6.07) is 5.28. The lowest BCUT2D eigenvalue weighted by atomic mass is 10.2. The number of anilines is 1. The lowest BCUT2D eigenvalue weighted by molar-refractivity contribution is 0.0599. The van der Waals surface area contributed by atoms with Crippen molar-refractivity contribution in [3.8, 4) is 0 Å². The van der Waals surface area contributed by atoms with Crippen LogP contribution in [0.15, 0.2) is 29.3 Å². The van der Waals surface area contributed by atoms with Gasteiger partial charge in [-0.05, 0) is 65.8 Å². The molecule has 0 unspecified atom stereocenters. The van der Waals surface area contributed by atoms with E-state index in [2.05, 4.69) is 4.99 Å². The molecule has 9 nitrogen and oxygen atoms in total. The van der Waals surface area contributed by atoms with Crippen molar-refractivity contribution in [1.82, 2.24) is 0 Å². The molecule has 0 bridgehead atoms. The number of carboxylic acid groups (broad SMARTS) is 1. The van der Waals surface area contributed by atoms with Gasteiger partial charge in [0.2, 0.25) is 5.96 Å². The van der Waals surface area contributed by atoms with Gasteiger partial charge in [-0.2, -0.15) is 0 Å². The normalized spacial score (nSPS) is 12.3. The Hall–Kier alpha value is -3.10. The number of carbonyl (C=O) groups is 3. The Labute approximate surface area is 157 Å². The highest BCUT2D eigenvalue weighted by atomic mass is 16.6. The van der Waals surface area contributed by atoms with Gasteiger partial charge >= 0.3 is 18.2 Å². The summed E-state index contributed by atoms with van der Waals surface area (Å²) in [4.78, 5) is 39.9. The Kier molecular flexibility index (Phi) is 6.56. The van der Waals surface area contributed by atoms with Crippen LogP contribution in [-0.4, -0.2) is 40.4 Å². The van der Waals surface area contributed by atoms with E-state index in [0.717, 1.165) is 4.90 Å². The van der Waals surface area contributed by atoms with E-state index in [9.17, 15) is 14.4 Å². The number of aromatic carboxylic acids is 1. The molecule has 0 aromatic heterocycles. The van der Waals surface area contributed by atoms with E-state index < -0.39 is 35.3 Å². The van der Waals surface area contributed by atoms with Gasteiger partial charge in [-0.3, -0.25) is 0 Å². The summed E-state index contributed by atoms with van der Waals surface area (Å²) in [6.45, 7) is 9.97. The number of carbonyl (C=O) groups excluding carboxylic acids is 2. The van der Waals surface area contributed by atoms with Crippen molar-refractivity contribution in [2.24, 2.45) is 10.7 Å². The first-order chi connectivity index (χ1) is 12.2. The molecule has 2 amide bonds. The fourth-order valence-electron chi connectivity index (χ4n) is 1.82. The molecule has 148 valence electrons. The Morgan fingerprint density at radius 3 is 1.85 bits per heavy atom. The van der Waals surface area contributed by atoms with E-state index in [1.54, 1.807) is 41.5 Å². The van der Waals surface area contributed by atoms with Crippen LogP contribution in [0.3, 0.4) is 0 Å². The third-order valence-corrected chi connectivity index (χ3v) is 2.78. The summed E-state index contributed by atoms with van der Waals surface area (Å²) >= 11 is 0. The SMILES string of the molecule is CC(C)(C)OC(=O)N=C(N)N(C(=O)OC(C)(C)C)c1ccc(C(=O)O)cc1. The van der Waals surface area contributed by atoms with E-state index in [1.165, 1.54) is 24.3 Å². The molecule has 0 spiro atoms. The smallest absolute Gasteiger partial charge is 0.437 e. The third kappa shape index (κ3) is 7.35. The number of hydrogen-bond acceptors (Lipinski definition) is 5. The van der Waals surface area contributed by atoms with Crippen LogP contribution in [0, 0.1) is 0 Å². The molecular weight excluding hydrogens is 354 g/mol. The van der Waals surface area contributed by atoms with E-state index in [-0.39, 0.29) is 11.3 Å². The zero-order chi connectivity index (χ0) is 21.0. The standard InChI is InChI=1S/C18H25N3O6/c1-17(2,3)26-15(24)20-14(19)21(16(25)27-18(4,5)6)12-9-7-11(8-10-12)13(22)23/h7-10H,1-6H3,(H,22,23)(H2,19,20,24). The number of nitrogens with two attached hydrogens (primary N) is 1. The summed E-state index contributed by atoms with van der Waals surface area (Å²) in [7, 11) is 0. The summed E-state index contributed by atoms with van der Waals surface area (Å²) in [5.74, 6) is -1.60. The number of benzene rings is 1. The first kappa shape index (κ1) is 21.9. The molecule has 1 rings (SSSR count). The van der Waals surface area contributed by atoms with Gasteiger partial charge in [-0.25, -0.2) is 19.3 Å². The van der Waals surface area contributed by atoms with Gasteiger partial charge in [-0.1, -0.05) is 0 Å². The number of nitrogens with zero attached hydrogens (tertiary/aromatic N) is 2. The quantitative estimate of drug-likeness (QED) is 0.594. The van der Waals surface area contributed by atoms with Gasteiger partial charge in [-0.15, -0.1) is 4.99 Å². The van der Waals surface area contributed by atoms with E-state index in [0.29, 0.717) is 0 Å². The first-order valence-electron chi connectivity index (χ1n) is 8.13. The second-order valence-electron chi connectivity index (χ2n) is 7.62. The molecule has 9 heteroatoms. The van der Waals surface area contributed by atoms with Gasteiger partial charge in [0.15, 0.2) is 0 Å². The van der Waals surface area contributed by atoms with Crippen molar-refractivity contribution < 1.29 is 29.0 Å². The maximum Gasteiger partial charge on any atom is 0.437 e. The number of rotatable bonds is 2. The number of carboxylic acids is 1. The summed E-state index contributed by atoms with van der Waals surface area (Å²) in [6.07, 6.45) is -1.86. The Morgan fingerprint density at radius 2 is 1.44 bits per heavy atom. The summed E-state index contributed by atoms with van der Waals surface area (Å²) in [5.41, 5.74) is 4.42. The van der Waals surface area contributed by atoms with Crippen molar-refractivity contribution in [2.45, 2.75) is 52.7 Å². The Morgan fingerprint density at radius 1 is 0.963 bits per heavy atom. The van der Waals surface area contributed by atoms with Crippen LogP contribution in [0.25, 0.3) is 0 Å². The van der Waals surface area contributed by atoms with Crippen LogP contribution < -0.4 is 10.6 Å². The predicted molar refractivity (Wildman–Crippen MR) is 100.0 cm³/mol. The van der Waals surface area contributed by atoms with Crippen LogP contribution in [0.4, 0.5) is 15.3 Å². The van der Waals surface area contributed by atoms with E-state index in [1.807, 2.05) is 0 Å². The largest absolute Gasteiger partial charge is 0.478 e. The highest BCUT2D eigenvalue weighted by molar-refractivity contribution is 6.15. The second-order valence-corrected chi connectivity index (χ2v) is 7.62. The topological polar surface area (TPSA) is 132 Å². The Bertz CT molecular complexity index is 742.